The Morgan fingerprint density at radius 2 is 2.00 bits per heavy atom. The molecule has 0 N–H and O–H groups in total. The second kappa shape index (κ2) is 5.66. The molecule has 0 amide bonds. The lowest BCUT2D eigenvalue weighted by Gasteiger charge is -2.10. The van der Waals surface area contributed by atoms with Crippen LogP contribution in [0, 0.1) is 12.3 Å². The fraction of sp³-hybridized carbons (Fsp3) is 0.154. The molecule has 8 heteroatoms. The number of ether oxygens (including phenoxy) is 1. The molecule has 0 saturated heterocycles. The lowest BCUT2D eigenvalue weighted by Crippen LogP contribution is -2.20. The number of benzene rings is 1. The fourth-order valence-electron chi connectivity index (χ4n) is 1.63. The molecule has 0 fully saturated rings. The number of esters is 1. The molecule has 1 aromatic carbocycles. The van der Waals surface area contributed by atoms with Gasteiger partial charge in [-0.3, -0.25) is 0 Å². The van der Waals surface area contributed by atoms with Gasteiger partial charge >= 0.3 is 12.3 Å². The normalized spacial score (nSPS) is 11.0. The summed E-state index contributed by atoms with van der Waals surface area (Å²) in [6.45, 7) is -0.369. The number of terminal acetylenes is 1. The van der Waals surface area contributed by atoms with Crippen molar-refractivity contribution >= 4 is 5.97 Å². The van der Waals surface area contributed by atoms with Gasteiger partial charge in [0.1, 0.15) is 5.69 Å². The number of hydrogen-bond donors (Lipinski definition) is 0. The zero-order chi connectivity index (χ0) is 15.5. The van der Waals surface area contributed by atoms with Gasteiger partial charge in [-0.15, -0.1) is 29.4 Å². The smallest absolute Gasteiger partial charge is 0.448 e. The molecule has 0 saturated carbocycles. The van der Waals surface area contributed by atoms with Crippen LogP contribution in [0.15, 0.2) is 30.3 Å². The van der Waals surface area contributed by atoms with E-state index in [-0.39, 0.29) is 16.9 Å². The van der Waals surface area contributed by atoms with Gasteiger partial charge in [-0.2, -0.15) is 0 Å². The third-order valence-electron chi connectivity index (χ3n) is 2.44. The van der Waals surface area contributed by atoms with E-state index in [1.807, 2.05) is 5.92 Å². The number of nitrogens with zero attached hydrogens (tertiary/aromatic N) is 3. The molecule has 0 aliphatic heterocycles. The van der Waals surface area contributed by atoms with Gasteiger partial charge in [0.2, 0.25) is 0 Å². The molecule has 0 aliphatic rings. The first-order valence-electron chi connectivity index (χ1n) is 5.64. The molecule has 0 atom stereocenters. The summed E-state index contributed by atoms with van der Waals surface area (Å²) >= 11 is 0. The van der Waals surface area contributed by atoms with Crippen LogP contribution in [0.1, 0.15) is 10.5 Å². The van der Waals surface area contributed by atoms with Crippen LogP contribution in [0.5, 0.6) is 0 Å². The average Bonchev–Trinajstić information content (AvgIpc) is 2.90. The standard InChI is InChI=1S/C13H8F3N3O2/c1-2-8-21-12(20)10-11(9-6-4-3-5-7-9)19(18-17-10)13(14,15)16/h1,3-7H,8H2. The predicted molar refractivity (Wildman–Crippen MR) is 65.9 cm³/mol. The van der Waals surface area contributed by atoms with Crippen LogP contribution in [0.25, 0.3) is 11.3 Å². The maximum Gasteiger partial charge on any atom is 0.506 e. The van der Waals surface area contributed by atoms with Crippen LogP contribution in [0.2, 0.25) is 0 Å². The van der Waals surface area contributed by atoms with E-state index >= 15 is 0 Å². The van der Waals surface area contributed by atoms with E-state index < -0.39 is 23.7 Å². The Hall–Kier alpha value is -2.82. The highest BCUT2D eigenvalue weighted by molar-refractivity contribution is 5.94. The number of halogens is 3. The van der Waals surface area contributed by atoms with E-state index in [9.17, 15) is 18.0 Å². The molecule has 2 aromatic rings. The third kappa shape index (κ3) is 3.02. The van der Waals surface area contributed by atoms with Gasteiger partial charge in [-0.1, -0.05) is 41.5 Å². The largest absolute Gasteiger partial charge is 0.506 e. The predicted octanol–water partition coefficient (Wildman–Crippen LogP) is 2.21. The topological polar surface area (TPSA) is 57.0 Å². The van der Waals surface area contributed by atoms with Gasteiger partial charge in [0.05, 0.1) is 0 Å². The summed E-state index contributed by atoms with van der Waals surface area (Å²) in [5.41, 5.74) is -0.911. The zero-order valence-electron chi connectivity index (χ0n) is 10.5. The number of hydrogen-bond acceptors (Lipinski definition) is 4. The first-order chi connectivity index (χ1) is 9.95. The molecule has 0 spiro atoms. The van der Waals surface area contributed by atoms with E-state index in [1.165, 1.54) is 24.3 Å². The Kier molecular flexibility index (Phi) is 3.93. The molecule has 108 valence electrons. The summed E-state index contributed by atoms with van der Waals surface area (Å²) in [4.78, 5) is 11.7. The monoisotopic (exact) mass is 295 g/mol. The molecule has 1 heterocycles. The van der Waals surface area contributed by atoms with E-state index in [1.54, 1.807) is 6.07 Å². The van der Waals surface area contributed by atoms with Crippen molar-refractivity contribution in [2.24, 2.45) is 0 Å². The van der Waals surface area contributed by atoms with Crippen LogP contribution in [0.4, 0.5) is 13.2 Å². The first-order valence-corrected chi connectivity index (χ1v) is 5.64. The Morgan fingerprint density at radius 3 is 2.57 bits per heavy atom. The highest BCUT2D eigenvalue weighted by atomic mass is 19.4. The van der Waals surface area contributed by atoms with Gasteiger partial charge in [-0.05, 0) is 0 Å². The van der Waals surface area contributed by atoms with Crippen LogP contribution >= 0.6 is 0 Å². The molecule has 0 unspecified atom stereocenters. The van der Waals surface area contributed by atoms with E-state index in [0.29, 0.717) is 0 Å². The van der Waals surface area contributed by atoms with Gasteiger partial charge in [0.15, 0.2) is 12.3 Å². The van der Waals surface area contributed by atoms with Crippen LogP contribution in [0.3, 0.4) is 0 Å². The van der Waals surface area contributed by atoms with Gasteiger partial charge in [-0.25, -0.2) is 4.79 Å². The molecule has 0 radical (unpaired) electrons. The number of rotatable bonds is 3. The first kappa shape index (κ1) is 14.6. The maximum atomic E-state index is 12.9. The Balaban J connectivity index is 2.55. The molecule has 0 aliphatic carbocycles. The minimum absolute atomic E-state index is 0.132. The zero-order valence-corrected chi connectivity index (χ0v) is 10.5. The van der Waals surface area contributed by atoms with Gasteiger partial charge in [0.25, 0.3) is 0 Å². The highest BCUT2D eigenvalue weighted by Gasteiger charge is 2.38. The van der Waals surface area contributed by atoms with Crippen molar-refractivity contribution in [2.75, 3.05) is 6.61 Å². The minimum atomic E-state index is -4.82. The summed E-state index contributed by atoms with van der Waals surface area (Å²) in [5.74, 6) is 0.977. The molecular weight excluding hydrogens is 287 g/mol. The maximum absolute atomic E-state index is 12.9. The quantitative estimate of drug-likeness (QED) is 0.643. The Morgan fingerprint density at radius 1 is 1.33 bits per heavy atom. The second-order valence-electron chi connectivity index (χ2n) is 3.81. The molecule has 5 nitrogen and oxygen atoms in total. The average molecular weight is 295 g/mol. The van der Waals surface area contributed by atoms with Crippen LogP contribution in [-0.4, -0.2) is 27.6 Å². The summed E-state index contributed by atoms with van der Waals surface area (Å²) in [7, 11) is 0. The molecule has 2 rings (SSSR count). The SMILES string of the molecule is C#CCOC(=O)c1nnn(C(F)(F)F)c1-c1ccccc1. The molecule has 0 bridgehead atoms. The minimum Gasteiger partial charge on any atom is -0.448 e. The summed E-state index contributed by atoms with van der Waals surface area (Å²) < 4.78 is 43.1. The number of aromatic nitrogens is 3. The van der Waals surface area contributed by atoms with Crippen molar-refractivity contribution < 1.29 is 22.7 Å². The van der Waals surface area contributed by atoms with Crippen molar-refractivity contribution in [3.05, 3.63) is 36.0 Å². The van der Waals surface area contributed by atoms with Crippen LogP contribution < -0.4 is 0 Å². The number of carbonyl (C=O) groups excluding carboxylic acids is 1. The summed E-state index contributed by atoms with van der Waals surface area (Å²) in [6, 6.07) is 7.48. The molecular formula is C13H8F3N3O2. The van der Waals surface area contributed by atoms with Gasteiger partial charge in [0, 0.05) is 5.56 Å². The van der Waals surface area contributed by atoms with Crippen molar-refractivity contribution in [3.8, 4) is 23.6 Å². The number of carbonyl (C=O) groups is 1. The van der Waals surface area contributed by atoms with Crippen LogP contribution in [-0.2, 0) is 11.0 Å². The Labute approximate surface area is 117 Å². The summed E-state index contributed by atoms with van der Waals surface area (Å²) in [6.07, 6.45) is 0.113. The van der Waals surface area contributed by atoms with E-state index in [2.05, 4.69) is 15.0 Å². The lowest BCUT2D eigenvalue weighted by molar-refractivity contribution is -0.211. The van der Waals surface area contributed by atoms with Crippen molar-refractivity contribution in [3.63, 3.8) is 0 Å². The Bertz CT molecular complexity index is 687. The van der Waals surface area contributed by atoms with Crippen molar-refractivity contribution in [1.82, 2.24) is 15.0 Å². The van der Waals surface area contributed by atoms with Crippen molar-refractivity contribution in [2.45, 2.75) is 6.30 Å². The third-order valence-corrected chi connectivity index (χ3v) is 2.44. The fourth-order valence-corrected chi connectivity index (χ4v) is 1.63. The summed E-state index contributed by atoms with van der Waals surface area (Å²) in [5, 5.41) is 6.24. The van der Waals surface area contributed by atoms with Crippen molar-refractivity contribution in [1.29, 1.82) is 0 Å². The lowest BCUT2D eigenvalue weighted by atomic mass is 10.1. The van der Waals surface area contributed by atoms with E-state index in [4.69, 9.17) is 6.42 Å². The molecule has 1 aromatic heterocycles. The van der Waals surface area contributed by atoms with E-state index in [0.717, 1.165) is 0 Å². The highest BCUT2D eigenvalue weighted by Crippen LogP contribution is 2.31. The molecule has 21 heavy (non-hydrogen) atoms. The number of alkyl halides is 3. The second-order valence-corrected chi connectivity index (χ2v) is 3.81. The van der Waals surface area contributed by atoms with Gasteiger partial charge < -0.3 is 4.74 Å².